The lowest BCUT2D eigenvalue weighted by Gasteiger charge is -2.37. The van der Waals surface area contributed by atoms with Crippen LogP contribution in [0.15, 0.2) is 24.3 Å². The second kappa shape index (κ2) is 8.81. The average molecular weight is 412 g/mol. The highest BCUT2D eigenvalue weighted by atomic mass is 16.5. The lowest BCUT2D eigenvalue weighted by molar-refractivity contribution is -0.129. The first-order valence-electron chi connectivity index (χ1n) is 10.4. The largest absolute Gasteiger partial charge is 0.452 e. The number of benzene rings is 1. The third-order valence-corrected chi connectivity index (χ3v) is 6.19. The van der Waals surface area contributed by atoms with Gasteiger partial charge in [-0.05, 0) is 42.2 Å². The summed E-state index contributed by atoms with van der Waals surface area (Å²) in [6.45, 7) is 7.52. The van der Waals surface area contributed by atoms with E-state index in [1.54, 1.807) is 0 Å². The maximum atomic E-state index is 13.1. The Bertz CT molecular complexity index is 984. The average Bonchev–Trinajstić information content (AvgIpc) is 2.73. The molecule has 160 valence electrons. The predicted molar refractivity (Wildman–Crippen MR) is 114 cm³/mol. The van der Waals surface area contributed by atoms with Gasteiger partial charge in [-0.1, -0.05) is 45.4 Å². The van der Waals surface area contributed by atoms with Crippen LogP contribution in [0.25, 0.3) is 10.9 Å². The van der Waals surface area contributed by atoms with Crippen LogP contribution in [-0.4, -0.2) is 29.4 Å². The number of hydrazine groups is 1. The SMILES string of the molecule is CCC(C)(C)[C@@H]1CCc2nc3ccccc3c(C(=O)OCC(=O)NNC(C)=O)c2C1. The van der Waals surface area contributed by atoms with Gasteiger partial charge >= 0.3 is 5.97 Å². The number of nitrogens with one attached hydrogen (secondary N) is 2. The summed E-state index contributed by atoms with van der Waals surface area (Å²) in [6.07, 6.45) is 3.66. The van der Waals surface area contributed by atoms with Gasteiger partial charge in [0.15, 0.2) is 6.61 Å². The number of esters is 1. The molecule has 2 N–H and O–H groups in total. The Morgan fingerprint density at radius 1 is 1.20 bits per heavy atom. The third kappa shape index (κ3) is 4.61. The zero-order valence-corrected chi connectivity index (χ0v) is 18.0. The fourth-order valence-corrected chi connectivity index (χ4v) is 3.97. The highest BCUT2D eigenvalue weighted by Gasteiger charge is 2.34. The summed E-state index contributed by atoms with van der Waals surface area (Å²) in [7, 11) is 0. The molecule has 1 aromatic carbocycles. The van der Waals surface area contributed by atoms with Crippen LogP contribution in [0.4, 0.5) is 0 Å². The number of carbonyl (C=O) groups is 3. The molecular weight excluding hydrogens is 382 g/mol. The van der Waals surface area contributed by atoms with E-state index in [0.717, 1.165) is 47.8 Å². The van der Waals surface area contributed by atoms with Crippen molar-refractivity contribution >= 4 is 28.7 Å². The fourth-order valence-electron chi connectivity index (χ4n) is 3.97. The zero-order chi connectivity index (χ0) is 21.9. The number of amides is 2. The van der Waals surface area contributed by atoms with Crippen molar-refractivity contribution in [2.75, 3.05) is 6.61 Å². The Balaban J connectivity index is 1.92. The number of nitrogens with zero attached hydrogens (tertiary/aromatic N) is 1. The second-order valence-electron chi connectivity index (χ2n) is 8.52. The number of pyridine rings is 1. The van der Waals surface area contributed by atoms with Gasteiger partial charge in [-0.2, -0.15) is 0 Å². The van der Waals surface area contributed by atoms with E-state index < -0.39 is 24.4 Å². The van der Waals surface area contributed by atoms with Crippen LogP contribution < -0.4 is 10.9 Å². The van der Waals surface area contributed by atoms with E-state index in [0.29, 0.717) is 11.5 Å². The Morgan fingerprint density at radius 3 is 2.63 bits per heavy atom. The van der Waals surface area contributed by atoms with Crippen molar-refractivity contribution in [2.24, 2.45) is 11.3 Å². The molecule has 1 aromatic heterocycles. The highest BCUT2D eigenvalue weighted by Crippen LogP contribution is 2.41. The molecule has 3 rings (SSSR count). The van der Waals surface area contributed by atoms with Crippen molar-refractivity contribution in [3.63, 3.8) is 0 Å². The summed E-state index contributed by atoms with van der Waals surface area (Å²) in [4.78, 5) is 40.6. The van der Waals surface area contributed by atoms with E-state index in [9.17, 15) is 14.4 Å². The summed E-state index contributed by atoms with van der Waals surface area (Å²) in [5, 5.41) is 0.735. The number of rotatable bonds is 5. The molecular formula is C23H29N3O4. The molecule has 0 saturated heterocycles. The summed E-state index contributed by atoms with van der Waals surface area (Å²) >= 11 is 0. The van der Waals surface area contributed by atoms with Crippen molar-refractivity contribution in [2.45, 2.75) is 53.4 Å². The van der Waals surface area contributed by atoms with Gasteiger partial charge in [0.25, 0.3) is 5.91 Å². The quantitative estimate of drug-likeness (QED) is 0.582. The highest BCUT2D eigenvalue weighted by molar-refractivity contribution is 6.05. The number of aromatic nitrogens is 1. The molecule has 1 heterocycles. The molecule has 2 aromatic rings. The number of aryl methyl sites for hydroxylation is 1. The third-order valence-electron chi connectivity index (χ3n) is 6.19. The molecule has 0 unspecified atom stereocenters. The van der Waals surface area contributed by atoms with Crippen LogP contribution in [-0.2, 0) is 27.2 Å². The van der Waals surface area contributed by atoms with Gasteiger partial charge in [0.1, 0.15) is 0 Å². The van der Waals surface area contributed by atoms with Crippen molar-refractivity contribution < 1.29 is 19.1 Å². The monoisotopic (exact) mass is 411 g/mol. The number of carbonyl (C=O) groups excluding carboxylic acids is 3. The topological polar surface area (TPSA) is 97.4 Å². The molecule has 0 fully saturated rings. The predicted octanol–water partition coefficient (Wildman–Crippen LogP) is 3.10. The van der Waals surface area contributed by atoms with Crippen molar-refractivity contribution in [1.29, 1.82) is 0 Å². The van der Waals surface area contributed by atoms with E-state index in [4.69, 9.17) is 9.72 Å². The van der Waals surface area contributed by atoms with Crippen molar-refractivity contribution in [1.82, 2.24) is 15.8 Å². The Morgan fingerprint density at radius 2 is 1.93 bits per heavy atom. The van der Waals surface area contributed by atoms with Gasteiger partial charge in [0.05, 0.1) is 11.1 Å². The standard InChI is InChI=1S/C23H29N3O4/c1-5-23(3,4)15-10-11-19-17(12-15)21(16-8-6-7-9-18(16)24-19)22(29)30-13-20(28)26-25-14(2)27/h6-9,15H,5,10-13H2,1-4H3,(H,25,27)(H,26,28)/t15-/m1/s1. The van der Waals surface area contributed by atoms with E-state index in [1.807, 2.05) is 24.3 Å². The van der Waals surface area contributed by atoms with Gasteiger partial charge in [0, 0.05) is 18.0 Å². The molecule has 1 aliphatic rings. The first-order valence-corrected chi connectivity index (χ1v) is 10.4. The van der Waals surface area contributed by atoms with Crippen LogP contribution in [0.3, 0.4) is 0 Å². The lowest BCUT2D eigenvalue weighted by Crippen LogP contribution is -2.42. The summed E-state index contributed by atoms with van der Waals surface area (Å²) in [5.74, 6) is -1.12. The van der Waals surface area contributed by atoms with E-state index in [-0.39, 0.29) is 5.41 Å². The molecule has 0 aliphatic heterocycles. The number of ether oxygens (including phenoxy) is 1. The molecule has 7 nitrogen and oxygen atoms in total. The molecule has 1 atom stereocenters. The molecule has 30 heavy (non-hydrogen) atoms. The minimum absolute atomic E-state index is 0.156. The maximum Gasteiger partial charge on any atom is 0.339 e. The molecule has 0 spiro atoms. The smallest absolute Gasteiger partial charge is 0.339 e. The Kier molecular flexibility index (Phi) is 6.39. The summed E-state index contributed by atoms with van der Waals surface area (Å²) < 4.78 is 5.31. The van der Waals surface area contributed by atoms with Crippen LogP contribution in [0.5, 0.6) is 0 Å². The Hall–Kier alpha value is -2.96. The maximum absolute atomic E-state index is 13.1. The number of para-hydroxylation sites is 1. The molecule has 0 saturated carbocycles. The lowest BCUT2D eigenvalue weighted by atomic mass is 9.68. The molecule has 0 bridgehead atoms. The van der Waals surface area contributed by atoms with Crippen LogP contribution in [0, 0.1) is 11.3 Å². The molecule has 2 amide bonds. The van der Waals surface area contributed by atoms with Crippen molar-refractivity contribution in [3.05, 3.63) is 41.1 Å². The minimum atomic E-state index is -0.601. The first kappa shape index (κ1) is 21.7. The second-order valence-corrected chi connectivity index (χ2v) is 8.52. The molecule has 1 aliphatic carbocycles. The number of fused-ring (bicyclic) bond motifs is 2. The Labute approximate surface area is 176 Å². The van der Waals surface area contributed by atoms with E-state index >= 15 is 0 Å². The van der Waals surface area contributed by atoms with E-state index in [1.165, 1.54) is 6.92 Å². The van der Waals surface area contributed by atoms with Gasteiger partial charge in [-0.3, -0.25) is 25.4 Å². The van der Waals surface area contributed by atoms with Crippen LogP contribution in [0.2, 0.25) is 0 Å². The summed E-state index contributed by atoms with van der Waals surface area (Å²) in [5.41, 5.74) is 7.64. The van der Waals surface area contributed by atoms with Gasteiger partial charge in [0.2, 0.25) is 5.91 Å². The molecule has 0 radical (unpaired) electrons. The van der Waals surface area contributed by atoms with Gasteiger partial charge in [-0.25, -0.2) is 4.79 Å². The van der Waals surface area contributed by atoms with Crippen LogP contribution in [0.1, 0.15) is 62.2 Å². The first-order chi connectivity index (χ1) is 14.2. The van der Waals surface area contributed by atoms with Crippen molar-refractivity contribution in [3.8, 4) is 0 Å². The number of hydrogen-bond acceptors (Lipinski definition) is 5. The van der Waals surface area contributed by atoms with E-state index in [2.05, 4.69) is 31.6 Å². The summed E-state index contributed by atoms with van der Waals surface area (Å²) in [6, 6.07) is 7.51. The van der Waals surface area contributed by atoms with Gasteiger partial charge < -0.3 is 4.74 Å². The zero-order valence-electron chi connectivity index (χ0n) is 18.0. The fraction of sp³-hybridized carbons (Fsp3) is 0.478. The van der Waals surface area contributed by atoms with Gasteiger partial charge in [-0.15, -0.1) is 0 Å². The normalized spacial score (nSPS) is 15.9. The van der Waals surface area contributed by atoms with Crippen LogP contribution >= 0.6 is 0 Å². The molecule has 7 heteroatoms. The minimum Gasteiger partial charge on any atom is -0.452 e. The number of hydrogen-bond donors (Lipinski definition) is 2.